The quantitative estimate of drug-likeness (QED) is 0.833. The second-order valence-electron chi connectivity index (χ2n) is 5.28. The first-order valence-corrected chi connectivity index (χ1v) is 7.51. The van der Waals surface area contributed by atoms with Crippen molar-refractivity contribution >= 4 is 23.2 Å². The standard InChI is InChI=1S/C15H20Cl2N2O/c1-10(2)7-13(19-5-3-18-4-6-19)15-12(17)8-11(16)9-14(15)20/h8-9,13,18,20H,1,3-7H2,2H3/t13-/m1/s1. The second-order valence-corrected chi connectivity index (χ2v) is 6.13. The van der Waals surface area contributed by atoms with E-state index in [-0.39, 0.29) is 11.8 Å². The van der Waals surface area contributed by atoms with Crippen LogP contribution in [0, 0.1) is 0 Å². The van der Waals surface area contributed by atoms with Crippen LogP contribution in [0.5, 0.6) is 5.75 Å². The number of nitrogens with one attached hydrogen (secondary N) is 1. The molecule has 20 heavy (non-hydrogen) atoms. The lowest BCUT2D eigenvalue weighted by molar-refractivity contribution is 0.170. The summed E-state index contributed by atoms with van der Waals surface area (Å²) in [5, 5.41) is 14.5. The van der Waals surface area contributed by atoms with Gasteiger partial charge in [-0.15, -0.1) is 6.58 Å². The highest BCUT2D eigenvalue weighted by Crippen LogP contribution is 2.40. The molecule has 0 amide bonds. The van der Waals surface area contributed by atoms with Gasteiger partial charge in [0.25, 0.3) is 0 Å². The molecule has 0 aromatic heterocycles. The van der Waals surface area contributed by atoms with Gasteiger partial charge in [-0.3, -0.25) is 4.90 Å². The molecule has 0 aliphatic carbocycles. The number of aromatic hydroxyl groups is 1. The minimum atomic E-state index is 0.0411. The zero-order chi connectivity index (χ0) is 14.7. The number of hydrogen-bond acceptors (Lipinski definition) is 3. The van der Waals surface area contributed by atoms with E-state index in [2.05, 4.69) is 16.8 Å². The largest absolute Gasteiger partial charge is 0.508 e. The minimum absolute atomic E-state index is 0.0411. The second kappa shape index (κ2) is 6.81. The lowest BCUT2D eigenvalue weighted by Gasteiger charge is -2.36. The van der Waals surface area contributed by atoms with Gasteiger partial charge in [0.1, 0.15) is 5.75 Å². The Morgan fingerprint density at radius 1 is 1.40 bits per heavy atom. The van der Waals surface area contributed by atoms with Crippen molar-refractivity contribution in [3.05, 3.63) is 39.9 Å². The van der Waals surface area contributed by atoms with Gasteiger partial charge in [0.2, 0.25) is 0 Å². The van der Waals surface area contributed by atoms with Crippen LogP contribution < -0.4 is 5.32 Å². The maximum Gasteiger partial charge on any atom is 0.123 e. The SMILES string of the molecule is C=C(C)C[C@H](c1c(O)cc(Cl)cc1Cl)N1CCNCC1. The van der Waals surface area contributed by atoms with Crippen molar-refractivity contribution in [3.63, 3.8) is 0 Å². The predicted molar refractivity (Wildman–Crippen MR) is 84.7 cm³/mol. The van der Waals surface area contributed by atoms with Crippen molar-refractivity contribution in [1.29, 1.82) is 0 Å². The van der Waals surface area contributed by atoms with Gasteiger partial charge in [0.15, 0.2) is 0 Å². The van der Waals surface area contributed by atoms with Crippen molar-refractivity contribution in [2.45, 2.75) is 19.4 Å². The Hall–Kier alpha value is -0.740. The zero-order valence-electron chi connectivity index (χ0n) is 11.6. The molecule has 1 aliphatic heterocycles. The molecule has 0 saturated carbocycles. The Balaban J connectivity index is 2.37. The number of phenols is 1. The number of halogens is 2. The molecular weight excluding hydrogens is 295 g/mol. The maximum atomic E-state index is 10.2. The van der Waals surface area contributed by atoms with Crippen LogP contribution in [-0.2, 0) is 0 Å². The Labute approximate surface area is 130 Å². The van der Waals surface area contributed by atoms with Gasteiger partial charge >= 0.3 is 0 Å². The topological polar surface area (TPSA) is 35.5 Å². The third-order valence-electron chi connectivity index (χ3n) is 3.54. The number of benzene rings is 1. The van der Waals surface area contributed by atoms with E-state index in [0.29, 0.717) is 10.0 Å². The molecule has 2 N–H and O–H groups in total. The summed E-state index contributed by atoms with van der Waals surface area (Å²) in [5.41, 5.74) is 1.82. The number of hydrogen-bond donors (Lipinski definition) is 2. The minimum Gasteiger partial charge on any atom is -0.508 e. The van der Waals surface area contributed by atoms with Crippen LogP contribution in [0.2, 0.25) is 10.0 Å². The van der Waals surface area contributed by atoms with E-state index in [1.165, 1.54) is 0 Å². The summed E-state index contributed by atoms with van der Waals surface area (Å²) < 4.78 is 0. The smallest absolute Gasteiger partial charge is 0.123 e. The molecule has 1 aromatic rings. The molecule has 3 nitrogen and oxygen atoms in total. The van der Waals surface area contributed by atoms with Crippen LogP contribution in [0.25, 0.3) is 0 Å². The summed E-state index contributed by atoms with van der Waals surface area (Å²) in [6.45, 7) is 9.74. The fourth-order valence-corrected chi connectivity index (χ4v) is 3.25. The van der Waals surface area contributed by atoms with Crippen LogP contribution >= 0.6 is 23.2 Å². The molecular formula is C15H20Cl2N2O. The Bertz CT molecular complexity index is 476. The van der Waals surface area contributed by atoms with Gasteiger partial charge in [0.05, 0.1) is 5.02 Å². The van der Waals surface area contributed by atoms with E-state index in [1.807, 2.05) is 6.92 Å². The third kappa shape index (κ3) is 3.67. The number of rotatable bonds is 4. The summed E-state index contributed by atoms with van der Waals surface area (Å²) in [6, 6.07) is 3.28. The summed E-state index contributed by atoms with van der Waals surface area (Å²) in [7, 11) is 0. The summed E-state index contributed by atoms with van der Waals surface area (Å²) in [4.78, 5) is 2.33. The highest BCUT2D eigenvalue weighted by molar-refractivity contribution is 6.35. The van der Waals surface area contributed by atoms with Crippen molar-refractivity contribution in [2.75, 3.05) is 26.2 Å². The van der Waals surface area contributed by atoms with Crippen molar-refractivity contribution in [2.24, 2.45) is 0 Å². The molecule has 1 heterocycles. The Morgan fingerprint density at radius 3 is 2.60 bits per heavy atom. The van der Waals surface area contributed by atoms with Crippen LogP contribution in [0.4, 0.5) is 0 Å². The van der Waals surface area contributed by atoms with Crippen LogP contribution in [0.3, 0.4) is 0 Å². The fraction of sp³-hybridized carbons (Fsp3) is 0.467. The highest BCUT2D eigenvalue weighted by atomic mass is 35.5. The molecule has 0 bridgehead atoms. The maximum absolute atomic E-state index is 10.2. The van der Waals surface area contributed by atoms with Gasteiger partial charge in [-0.05, 0) is 25.5 Å². The first-order valence-electron chi connectivity index (χ1n) is 6.76. The van der Waals surface area contributed by atoms with E-state index in [0.717, 1.165) is 43.7 Å². The number of phenolic OH excluding ortho intramolecular Hbond substituents is 1. The van der Waals surface area contributed by atoms with Gasteiger partial charge in [0, 0.05) is 42.8 Å². The first kappa shape index (κ1) is 15.6. The first-order chi connectivity index (χ1) is 9.49. The molecule has 0 unspecified atom stereocenters. The Morgan fingerprint density at radius 2 is 2.05 bits per heavy atom. The van der Waals surface area contributed by atoms with Gasteiger partial charge < -0.3 is 10.4 Å². The van der Waals surface area contributed by atoms with E-state index in [9.17, 15) is 5.11 Å². The van der Waals surface area contributed by atoms with E-state index in [1.54, 1.807) is 12.1 Å². The van der Waals surface area contributed by atoms with Crippen LogP contribution in [0.1, 0.15) is 24.9 Å². The molecule has 5 heteroatoms. The highest BCUT2D eigenvalue weighted by Gasteiger charge is 2.26. The molecule has 2 rings (SSSR count). The van der Waals surface area contributed by atoms with Crippen molar-refractivity contribution in [3.8, 4) is 5.75 Å². The molecule has 1 aliphatic rings. The fourth-order valence-electron chi connectivity index (χ4n) is 2.64. The summed E-state index contributed by atoms with van der Waals surface area (Å²) in [5.74, 6) is 0.160. The van der Waals surface area contributed by atoms with Crippen LogP contribution in [0.15, 0.2) is 24.3 Å². The number of nitrogens with zero attached hydrogens (tertiary/aromatic N) is 1. The predicted octanol–water partition coefficient (Wildman–Crippen LogP) is 3.61. The van der Waals surface area contributed by atoms with E-state index < -0.39 is 0 Å². The molecule has 1 fully saturated rings. The molecule has 1 saturated heterocycles. The average Bonchev–Trinajstić information content (AvgIpc) is 2.37. The van der Waals surface area contributed by atoms with Crippen LogP contribution in [-0.4, -0.2) is 36.2 Å². The third-order valence-corrected chi connectivity index (χ3v) is 4.07. The Kier molecular flexibility index (Phi) is 5.33. The van der Waals surface area contributed by atoms with E-state index >= 15 is 0 Å². The molecule has 0 spiro atoms. The summed E-state index contributed by atoms with van der Waals surface area (Å²) in [6.07, 6.45) is 0.773. The summed E-state index contributed by atoms with van der Waals surface area (Å²) >= 11 is 12.2. The molecule has 1 atom stereocenters. The number of piperazine rings is 1. The van der Waals surface area contributed by atoms with Gasteiger partial charge in [-0.1, -0.05) is 28.8 Å². The lowest BCUT2D eigenvalue weighted by Crippen LogP contribution is -2.45. The monoisotopic (exact) mass is 314 g/mol. The van der Waals surface area contributed by atoms with Gasteiger partial charge in [-0.2, -0.15) is 0 Å². The van der Waals surface area contributed by atoms with Crippen molar-refractivity contribution in [1.82, 2.24) is 10.2 Å². The van der Waals surface area contributed by atoms with Crippen molar-refractivity contribution < 1.29 is 5.11 Å². The zero-order valence-corrected chi connectivity index (χ0v) is 13.1. The lowest BCUT2D eigenvalue weighted by atomic mass is 9.97. The normalized spacial score (nSPS) is 17.9. The molecule has 0 radical (unpaired) electrons. The van der Waals surface area contributed by atoms with E-state index in [4.69, 9.17) is 23.2 Å². The molecule has 1 aromatic carbocycles. The average molecular weight is 315 g/mol. The molecule has 110 valence electrons. The van der Waals surface area contributed by atoms with Gasteiger partial charge in [-0.25, -0.2) is 0 Å².